The van der Waals surface area contributed by atoms with Crippen molar-refractivity contribution in [3.8, 4) is 0 Å². The molecule has 6 nitrogen and oxygen atoms in total. The van der Waals surface area contributed by atoms with Crippen molar-refractivity contribution in [1.29, 1.82) is 0 Å². The summed E-state index contributed by atoms with van der Waals surface area (Å²) in [6.07, 6.45) is 13.2. The van der Waals surface area contributed by atoms with E-state index in [2.05, 4.69) is 27.4 Å². The smallest absolute Gasteiger partial charge is 0.258 e. The maximum absolute atomic E-state index is 13.2. The summed E-state index contributed by atoms with van der Waals surface area (Å²) in [7, 11) is 0. The van der Waals surface area contributed by atoms with Crippen molar-refractivity contribution in [3.63, 3.8) is 0 Å². The Labute approximate surface area is 165 Å². The predicted octanol–water partition coefficient (Wildman–Crippen LogP) is 3.63. The number of ketones is 1. The molecule has 2 aliphatic heterocycles. The Morgan fingerprint density at radius 2 is 1.89 bits per heavy atom. The average molecular weight is 380 g/mol. The number of fused-ring (bicyclic) bond motifs is 1. The lowest BCUT2D eigenvalue weighted by molar-refractivity contribution is -0.116. The fraction of sp³-hybridized carbons (Fsp3) is 0.591. The van der Waals surface area contributed by atoms with Gasteiger partial charge in [0.2, 0.25) is 5.95 Å². The number of aromatic amines is 1. The van der Waals surface area contributed by atoms with Gasteiger partial charge in [-0.25, -0.2) is 0 Å². The summed E-state index contributed by atoms with van der Waals surface area (Å²) in [4.78, 5) is 36.2. The second kappa shape index (κ2) is 7.22. The highest BCUT2D eigenvalue weighted by Gasteiger charge is 2.41. The first-order valence-corrected chi connectivity index (χ1v) is 10.8. The van der Waals surface area contributed by atoms with Crippen molar-refractivity contribution in [1.82, 2.24) is 9.97 Å². The van der Waals surface area contributed by atoms with Gasteiger partial charge in [-0.3, -0.25) is 14.6 Å². The van der Waals surface area contributed by atoms with Crippen LogP contribution in [0.1, 0.15) is 69.3 Å². The van der Waals surface area contributed by atoms with Crippen LogP contribution in [0.4, 0.5) is 11.8 Å². The molecule has 0 saturated carbocycles. The number of aromatic nitrogens is 2. The van der Waals surface area contributed by atoms with E-state index in [1.807, 2.05) is 0 Å². The van der Waals surface area contributed by atoms with Crippen molar-refractivity contribution < 1.29 is 4.79 Å². The van der Waals surface area contributed by atoms with Gasteiger partial charge < -0.3 is 10.2 Å². The van der Waals surface area contributed by atoms with Crippen LogP contribution < -0.4 is 15.8 Å². The van der Waals surface area contributed by atoms with Crippen LogP contribution in [0, 0.1) is 5.92 Å². The van der Waals surface area contributed by atoms with E-state index in [1.54, 1.807) is 0 Å². The molecule has 2 N–H and O–H groups in total. The molecule has 0 amide bonds. The SMILES string of the molecule is O=C1CCCC2=C1C(C1CC=CCC1)c1c(nc(N3CCCCC3)[nH]c1=O)N2. The number of allylic oxidation sites excluding steroid dienone is 4. The summed E-state index contributed by atoms with van der Waals surface area (Å²) >= 11 is 0. The van der Waals surface area contributed by atoms with Crippen LogP contribution in [0.3, 0.4) is 0 Å². The van der Waals surface area contributed by atoms with E-state index in [1.165, 1.54) is 6.42 Å². The summed E-state index contributed by atoms with van der Waals surface area (Å²) in [5, 5.41) is 3.40. The van der Waals surface area contributed by atoms with Gasteiger partial charge in [0, 0.05) is 36.7 Å². The third kappa shape index (κ3) is 2.99. The zero-order valence-corrected chi connectivity index (χ0v) is 16.3. The maximum Gasteiger partial charge on any atom is 0.258 e. The molecule has 28 heavy (non-hydrogen) atoms. The van der Waals surface area contributed by atoms with Gasteiger partial charge in [-0.2, -0.15) is 4.98 Å². The molecule has 0 radical (unpaired) electrons. The number of nitrogens with zero attached hydrogens (tertiary/aromatic N) is 2. The molecule has 6 heteroatoms. The third-order valence-electron chi connectivity index (χ3n) is 6.73. The van der Waals surface area contributed by atoms with E-state index < -0.39 is 0 Å². The van der Waals surface area contributed by atoms with Gasteiger partial charge in [-0.15, -0.1) is 0 Å². The molecule has 2 unspecified atom stereocenters. The zero-order valence-electron chi connectivity index (χ0n) is 16.3. The van der Waals surface area contributed by atoms with Gasteiger partial charge in [0.15, 0.2) is 5.78 Å². The minimum Gasteiger partial charge on any atom is -0.343 e. The standard InChI is InChI=1S/C22H28N4O2/c27-16-11-7-10-15-18(16)17(14-8-3-1-4-9-14)19-20(23-15)24-22(25-21(19)28)26-12-5-2-6-13-26/h1,3,14,17H,2,4-13H2,(H2,23,24,25,28). The molecule has 1 aromatic rings. The molecule has 0 aromatic carbocycles. The zero-order chi connectivity index (χ0) is 19.1. The van der Waals surface area contributed by atoms with E-state index in [0.717, 1.165) is 69.3 Å². The van der Waals surface area contributed by atoms with E-state index in [9.17, 15) is 9.59 Å². The second-order valence-electron chi connectivity index (χ2n) is 8.52. The number of Topliss-reactive ketones (excluding diaryl/α,β-unsaturated/α-hetero) is 1. The topological polar surface area (TPSA) is 78.1 Å². The van der Waals surface area contributed by atoms with Gasteiger partial charge in [0.05, 0.1) is 5.56 Å². The molecular formula is C22H28N4O2. The molecular weight excluding hydrogens is 352 g/mol. The fourth-order valence-corrected chi connectivity index (χ4v) is 5.34. The van der Waals surface area contributed by atoms with E-state index in [-0.39, 0.29) is 17.3 Å². The minimum atomic E-state index is -0.129. The third-order valence-corrected chi connectivity index (χ3v) is 6.73. The van der Waals surface area contributed by atoms with Crippen LogP contribution in [0.5, 0.6) is 0 Å². The number of anilines is 2. The summed E-state index contributed by atoms with van der Waals surface area (Å²) in [5.74, 6) is 1.72. The van der Waals surface area contributed by atoms with Crippen LogP contribution in [-0.2, 0) is 4.79 Å². The quantitative estimate of drug-likeness (QED) is 0.766. The molecule has 2 atom stereocenters. The number of nitrogens with one attached hydrogen (secondary N) is 2. The summed E-state index contributed by atoms with van der Waals surface area (Å²) in [6, 6.07) is 0. The predicted molar refractivity (Wildman–Crippen MR) is 110 cm³/mol. The lowest BCUT2D eigenvalue weighted by atomic mass is 9.70. The van der Waals surface area contributed by atoms with E-state index >= 15 is 0 Å². The Bertz CT molecular complexity index is 908. The fourth-order valence-electron chi connectivity index (χ4n) is 5.34. The number of piperidine rings is 1. The Hall–Kier alpha value is -2.37. The Morgan fingerprint density at radius 1 is 1.04 bits per heavy atom. The van der Waals surface area contributed by atoms with Gasteiger partial charge in [-0.05, 0) is 57.3 Å². The van der Waals surface area contributed by atoms with Crippen LogP contribution in [0.15, 0.2) is 28.2 Å². The molecule has 148 valence electrons. The highest BCUT2D eigenvalue weighted by molar-refractivity contribution is 6.00. The Balaban J connectivity index is 1.61. The molecule has 1 aromatic heterocycles. The van der Waals surface area contributed by atoms with Crippen LogP contribution in [0.2, 0.25) is 0 Å². The Kier molecular flexibility index (Phi) is 4.57. The van der Waals surface area contributed by atoms with Gasteiger partial charge in [0.25, 0.3) is 5.56 Å². The molecule has 3 heterocycles. The van der Waals surface area contributed by atoms with E-state index in [4.69, 9.17) is 4.98 Å². The number of rotatable bonds is 2. The molecule has 1 fully saturated rings. The van der Waals surface area contributed by atoms with Crippen LogP contribution >= 0.6 is 0 Å². The maximum atomic E-state index is 13.2. The number of carbonyl (C=O) groups excluding carboxylic acids is 1. The lowest BCUT2D eigenvalue weighted by Gasteiger charge is -2.37. The van der Waals surface area contributed by atoms with Crippen LogP contribution in [-0.4, -0.2) is 28.8 Å². The largest absolute Gasteiger partial charge is 0.343 e. The van der Waals surface area contributed by atoms with Crippen molar-refractivity contribution in [2.45, 2.75) is 63.7 Å². The summed E-state index contributed by atoms with van der Waals surface area (Å²) < 4.78 is 0. The first-order valence-electron chi connectivity index (χ1n) is 10.8. The van der Waals surface area contributed by atoms with Crippen molar-refractivity contribution in [2.75, 3.05) is 23.3 Å². The van der Waals surface area contributed by atoms with Gasteiger partial charge in [-0.1, -0.05) is 12.2 Å². The summed E-state index contributed by atoms with van der Waals surface area (Å²) in [5.41, 5.74) is 2.46. The highest BCUT2D eigenvalue weighted by atomic mass is 16.1. The molecule has 2 aliphatic carbocycles. The minimum absolute atomic E-state index is 0.0810. The number of H-pyrrole nitrogens is 1. The normalized spacial score (nSPS) is 27.3. The first kappa shape index (κ1) is 17.7. The highest BCUT2D eigenvalue weighted by Crippen LogP contribution is 2.46. The van der Waals surface area contributed by atoms with Crippen molar-refractivity contribution in [3.05, 3.63) is 39.3 Å². The number of hydrogen-bond acceptors (Lipinski definition) is 5. The average Bonchev–Trinajstić information content (AvgIpc) is 2.73. The van der Waals surface area contributed by atoms with Crippen LogP contribution in [0.25, 0.3) is 0 Å². The monoisotopic (exact) mass is 380 g/mol. The molecule has 4 aliphatic rings. The number of hydrogen-bond donors (Lipinski definition) is 2. The molecule has 0 spiro atoms. The van der Waals surface area contributed by atoms with Crippen molar-refractivity contribution >= 4 is 17.5 Å². The van der Waals surface area contributed by atoms with E-state index in [0.29, 0.717) is 29.7 Å². The van der Waals surface area contributed by atoms with Gasteiger partial charge >= 0.3 is 0 Å². The lowest BCUT2D eigenvalue weighted by Crippen LogP contribution is -2.38. The molecule has 5 rings (SSSR count). The van der Waals surface area contributed by atoms with Gasteiger partial charge in [0.1, 0.15) is 5.82 Å². The molecule has 1 saturated heterocycles. The summed E-state index contributed by atoms with van der Waals surface area (Å²) in [6.45, 7) is 1.87. The first-order chi connectivity index (χ1) is 13.7. The second-order valence-corrected chi connectivity index (χ2v) is 8.52. The van der Waals surface area contributed by atoms with Crippen molar-refractivity contribution in [2.24, 2.45) is 5.92 Å². The molecule has 0 bridgehead atoms. The Morgan fingerprint density at radius 3 is 2.68 bits per heavy atom. The number of carbonyl (C=O) groups is 1.